The Morgan fingerprint density at radius 1 is 1.31 bits per heavy atom. The quantitative estimate of drug-likeness (QED) is 0.428. The summed E-state index contributed by atoms with van der Waals surface area (Å²) >= 11 is 5.10. The first-order valence-electron chi connectivity index (χ1n) is 10.4. The number of aryl methyl sites for hydroxylation is 1. The lowest BCUT2D eigenvalue weighted by molar-refractivity contribution is -0.126. The van der Waals surface area contributed by atoms with Crippen molar-refractivity contribution in [2.75, 3.05) is 0 Å². The number of rotatable bonds is 5. The van der Waals surface area contributed by atoms with E-state index in [0.29, 0.717) is 10.5 Å². The van der Waals surface area contributed by atoms with Crippen LogP contribution in [0, 0.1) is 18.3 Å². The number of hydrogen-bond acceptors (Lipinski definition) is 7. The second-order valence-electron chi connectivity index (χ2n) is 8.64. The molecule has 2 N–H and O–H groups in total. The molecule has 164 valence electrons. The Morgan fingerprint density at radius 3 is 2.75 bits per heavy atom. The molecule has 0 spiro atoms. The predicted molar refractivity (Wildman–Crippen MR) is 126 cm³/mol. The van der Waals surface area contributed by atoms with Gasteiger partial charge in [0.1, 0.15) is 20.4 Å². The molecule has 1 fully saturated rings. The van der Waals surface area contributed by atoms with E-state index in [2.05, 4.69) is 36.2 Å². The third-order valence-corrected chi connectivity index (χ3v) is 7.70. The number of carbonyl (C=O) groups is 1. The summed E-state index contributed by atoms with van der Waals surface area (Å²) in [6, 6.07) is 8.04. The molecule has 0 radical (unpaired) electrons. The molecule has 10 heteroatoms. The third kappa shape index (κ3) is 3.81. The highest BCUT2D eigenvalue weighted by atomic mass is 79.9. The first kappa shape index (κ1) is 21.1. The van der Waals surface area contributed by atoms with E-state index in [9.17, 15) is 4.79 Å². The van der Waals surface area contributed by atoms with E-state index in [1.807, 2.05) is 49.0 Å². The summed E-state index contributed by atoms with van der Waals surface area (Å²) in [5, 5.41) is 15.6. The van der Waals surface area contributed by atoms with Crippen molar-refractivity contribution in [2.24, 2.45) is 17.1 Å². The number of carbonyl (C=O) groups excluding carboxylic acids is 1. The molecule has 0 saturated heterocycles. The summed E-state index contributed by atoms with van der Waals surface area (Å²) in [5.74, 6) is 0.885. The van der Waals surface area contributed by atoms with Gasteiger partial charge in [-0.15, -0.1) is 10.2 Å². The lowest BCUT2D eigenvalue weighted by atomic mass is 9.86. The number of nitrogens with two attached hydrogens (primary N) is 1. The number of primary amides is 1. The molecule has 1 aliphatic carbocycles. The van der Waals surface area contributed by atoms with Crippen molar-refractivity contribution in [1.82, 2.24) is 29.9 Å². The summed E-state index contributed by atoms with van der Waals surface area (Å²) in [4.78, 5) is 21.2. The van der Waals surface area contributed by atoms with E-state index in [4.69, 9.17) is 10.7 Å². The highest BCUT2D eigenvalue weighted by Crippen LogP contribution is 2.42. The molecule has 32 heavy (non-hydrogen) atoms. The average Bonchev–Trinajstić information content (AvgIpc) is 3.46. The average molecular weight is 512 g/mol. The van der Waals surface area contributed by atoms with Gasteiger partial charge in [0.2, 0.25) is 5.91 Å². The fourth-order valence-electron chi connectivity index (χ4n) is 4.36. The van der Waals surface area contributed by atoms with Crippen LogP contribution in [0.1, 0.15) is 37.0 Å². The summed E-state index contributed by atoms with van der Waals surface area (Å²) in [6.07, 6.45) is 5.08. The van der Waals surface area contributed by atoms with Crippen molar-refractivity contribution in [3.63, 3.8) is 0 Å². The van der Waals surface area contributed by atoms with Gasteiger partial charge >= 0.3 is 0 Å². The van der Waals surface area contributed by atoms with Crippen molar-refractivity contribution in [3.8, 4) is 16.3 Å². The normalized spacial score (nSPS) is 20.8. The molecule has 1 amide bonds. The van der Waals surface area contributed by atoms with Crippen molar-refractivity contribution in [3.05, 3.63) is 45.9 Å². The Labute approximate surface area is 197 Å². The molecule has 4 aromatic rings. The molecule has 8 nitrogen and oxygen atoms in total. The van der Waals surface area contributed by atoms with Gasteiger partial charge in [0, 0.05) is 23.6 Å². The van der Waals surface area contributed by atoms with Gasteiger partial charge in [-0.1, -0.05) is 18.3 Å². The smallest absolute Gasteiger partial charge is 0.223 e. The number of amides is 1. The van der Waals surface area contributed by atoms with Gasteiger partial charge in [-0.25, -0.2) is 14.6 Å². The molecule has 2 atom stereocenters. The van der Waals surface area contributed by atoms with Crippen LogP contribution < -0.4 is 5.73 Å². The summed E-state index contributed by atoms with van der Waals surface area (Å²) < 4.78 is 2.52. The largest absolute Gasteiger partial charge is 0.369 e. The third-order valence-electron chi connectivity index (χ3n) is 6.22. The summed E-state index contributed by atoms with van der Waals surface area (Å²) in [7, 11) is 0. The Morgan fingerprint density at radius 2 is 2.09 bits per heavy atom. The highest BCUT2D eigenvalue weighted by Gasteiger charge is 2.40. The maximum Gasteiger partial charge on any atom is 0.223 e. The van der Waals surface area contributed by atoms with Crippen molar-refractivity contribution in [2.45, 2.75) is 39.5 Å². The van der Waals surface area contributed by atoms with Gasteiger partial charge < -0.3 is 5.73 Å². The molecule has 1 aliphatic rings. The zero-order valence-electron chi connectivity index (χ0n) is 17.7. The topological polar surface area (TPSA) is 112 Å². The Balaban J connectivity index is 1.44. The van der Waals surface area contributed by atoms with E-state index in [0.717, 1.165) is 63.8 Å². The van der Waals surface area contributed by atoms with Crippen molar-refractivity contribution < 1.29 is 4.79 Å². The predicted octanol–water partition coefficient (Wildman–Crippen LogP) is 4.24. The van der Waals surface area contributed by atoms with Gasteiger partial charge in [-0.05, 0) is 72.3 Å². The SMILES string of the molecule is Cc1nnc(-c2ccc(-n3nc(Br)c4cnc(C[C@@H]5CC[C@@](C)(C(N)=O)C5)nc43)cc2)s1. The van der Waals surface area contributed by atoms with Gasteiger partial charge in [0.25, 0.3) is 0 Å². The first-order valence-corrected chi connectivity index (χ1v) is 12.0. The first-order chi connectivity index (χ1) is 15.3. The van der Waals surface area contributed by atoms with E-state index in [1.165, 1.54) is 0 Å². The Kier molecular flexibility index (Phi) is 5.29. The molecular weight excluding hydrogens is 490 g/mol. The Hall–Kier alpha value is -2.72. The summed E-state index contributed by atoms with van der Waals surface area (Å²) in [6.45, 7) is 3.90. The van der Waals surface area contributed by atoms with Crippen molar-refractivity contribution >= 4 is 44.2 Å². The minimum absolute atomic E-state index is 0.217. The van der Waals surface area contributed by atoms with Crippen LogP contribution >= 0.6 is 27.3 Å². The number of aromatic nitrogens is 6. The van der Waals surface area contributed by atoms with Gasteiger partial charge in [0.15, 0.2) is 5.65 Å². The van der Waals surface area contributed by atoms with Crippen LogP contribution in [0.25, 0.3) is 27.3 Å². The van der Waals surface area contributed by atoms with Crippen LogP contribution in [0.5, 0.6) is 0 Å². The highest BCUT2D eigenvalue weighted by molar-refractivity contribution is 9.10. The summed E-state index contributed by atoms with van der Waals surface area (Å²) in [5.41, 5.74) is 7.85. The lowest BCUT2D eigenvalue weighted by Crippen LogP contribution is -2.32. The number of nitrogens with zero attached hydrogens (tertiary/aromatic N) is 6. The number of fused-ring (bicyclic) bond motifs is 1. The Bertz CT molecular complexity index is 1320. The molecule has 3 heterocycles. The second kappa shape index (κ2) is 8.00. The fraction of sp³-hybridized carbons (Fsp3) is 0.364. The minimum atomic E-state index is -0.424. The minimum Gasteiger partial charge on any atom is -0.369 e. The van der Waals surface area contributed by atoms with Crippen LogP contribution in [0.15, 0.2) is 35.1 Å². The zero-order valence-corrected chi connectivity index (χ0v) is 20.2. The van der Waals surface area contributed by atoms with Crippen LogP contribution in [0.4, 0.5) is 0 Å². The number of benzene rings is 1. The second-order valence-corrected chi connectivity index (χ2v) is 10.6. The van der Waals surface area contributed by atoms with Gasteiger partial charge in [0.05, 0.1) is 11.1 Å². The van der Waals surface area contributed by atoms with Crippen LogP contribution in [0.3, 0.4) is 0 Å². The molecular formula is C22H22BrN7OS. The lowest BCUT2D eigenvalue weighted by Gasteiger charge is -2.19. The number of halogens is 1. The maximum absolute atomic E-state index is 11.8. The maximum atomic E-state index is 11.8. The fourth-order valence-corrected chi connectivity index (χ4v) is 5.50. The molecule has 1 saturated carbocycles. The molecule has 3 aromatic heterocycles. The monoisotopic (exact) mass is 511 g/mol. The number of hydrogen-bond donors (Lipinski definition) is 1. The van der Waals surface area contributed by atoms with Crippen LogP contribution in [-0.2, 0) is 11.2 Å². The van der Waals surface area contributed by atoms with E-state index < -0.39 is 5.41 Å². The standard InChI is InChI=1S/C22H22BrN7OS/c1-12-27-28-20(32-12)14-3-5-15(6-4-14)30-19-16(18(23)29-30)11-25-17(26-19)9-13-7-8-22(2,10-13)21(24)31/h3-6,11,13H,7-10H2,1-2H3,(H2,24,31)/t13-,22+/m0/s1. The van der Waals surface area contributed by atoms with Crippen molar-refractivity contribution in [1.29, 1.82) is 0 Å². The van der Waals surface area contributed by atoms with E-state index >= 15 is 0 Å². The van der Waals surface area contributed by atoms with Crippen LogP contribution in [0.2, 0.25) is 0 Å². The molecule has 0 aliphatic heterocycles. The van der Waals surface area contributed by atoms with Gasteiger partial charge in [-0.3, -0.25) is 4.79 Å². The molecule has 5 rings (SSSR count). The van der Waals surface area contributed by atoms with E-state index in [1.54, 1.807) is 11.3 Å². The molecule has 1 aromatic carbocycles. The molecule has 0 bridgehead atoms. The molecule has 0 unspecified atom stereocenters. The van der Waals surface area contributed by atoms with E-state index in [-0.39, 0.29) is 5.91 Å². The zero-order chi connectivity index (χ0) is 22.5. The van der Waals surface area contributed by atoms with Gasteiger partial charge in [-0.2, -0.15) is 5.10 Å². The van der Waals surface area contributed by atoms with Crippen LogP contribution in [-0.4, -0.2) is 35.9 Å².